The monoisotopic (exact) mass is 183 g/mol. The highest BCUT2D eigenvalue weighted by atomic mass is 16.5. The molecule has 0 radical (unpaired) electrons. The average molecular weight is 183 g/mol. The summed E-state index contributed by atoms with van der Waals surface area (Å²) in [5, 5.41) is 0. The smallest absolute Gasteiger partial charge is 0.233 e. The van der Waals surface area contributed by atoms with Crippen LogP contribution >= 0.6 is 0 Å². The Bertz CT molecular complexity index is 213. The van der Waals surface area contributed by atoms with Gasteiger partial charge in [0, 0.05) is 13.6 Å². The quantitative estimate of drug-likeness (QED) is 0.619. The van der Waals surface area contributed by atoms with Crippen LogP contribution in [0.4, 0.5) is 0 Å². The number of likely N-dealkylation sites (tertiary alicyclic amines) is 1. The molecule has 1 unspecified atom stereocenters. The molecule has 1 rings (SSSR count). The normalized spacial score (nSPS) is 23.1. The van der Waals surface area contributed by atoms with E-state index in [1.807, 2.05) is 14.0 Å². The van der Waals surface area contributed by atoms with Crippen molar-refractivity contribution in [1.29, 1.82) is 0 Å². The molecule has 3 heteroatoms. The number of hydrogen-bond donors (Lipinski definition) is 0. The standard InChI is InChI=1S/C10H17NO2/c1-4-13-8(2)9-6-5-7-11(3)10(9)12/h9H,2,4-7H2,1,3H3. The maximum atomic E-state index is 11.6. The summed E-state index contributed by atoms with van der Waals surface area (Å²) in [5.74, 6) is 0.655. The Morgan fingerprint density at radius 1 is 1.77 bits per heavy atom. The second-order valence-electron chi connectivity index (χ2n) is 3.35. The highest BCUT2D eigenvalue weighted by Crippen LogP contribution is 2.23. The zero-order valence-corrected chi connectivity index (χ0v) is 8.38. The highest BCUT2D eigenvalue weighted by Gasteiger charge is 2.29. The first-order valence-corrected chi connectivity index (χ1v) is 4.73. The first-order chi connectivity index (χ1) is 6.16. The van der Waals surface area contributed by atoms with Gasteiger partial charge in [0.2, 0.25) is 5.91 Å². The molecule has 0 N–H and O–H groups in total. The molecular formula is C10H17NO2. The number of rotatable bonds is 3. The fourth-order valence-corrected chi connectivity index (χ4v) is 1.62. The predicted molar refractivity (Wildman–Crippen MR) is 51.1 cm³/mol. The minimum Gasteiger partial charge on any atom is -0.498 e. The van der Waals surface area contributed by atoms with E-state index in [9.17, 15) is 4.79 Å². The van der Waals surface area contributed by atoms with Gasteiger partial charge in [-0.1, -0.05) is 6.58 Å². The summed E-state index contributed by atoms with van der Waals surface area (Å²) >= 11 is 0. The number of ether oxygens (including phenoxy) is 1. The van der Waals surface area contributed by atoms with E-state index < -0.39 is 0 Å². The van der Waals surface area contributed by atoms with Crippen LogP contribution in [-0.2, 0) is 9.53 Å². The molecular weight excluding hydrogens is 166 g/mol. The summed E-state index contributed by atoms with van der Waals surface area (Å²) in [5.41, 5.74) is 0. The summed E-state index contributed by atoms with van der Waals surface area (Å²) in [7, 11) is 1.83. The van der Waals surface area contributed by atoms with Crippen molar-refractivity contribution in [2.75, 3.05) is 20.2 Å². The van der Waals surface area contributed by atoms with Crippen molar-refractivity contribution in [3.05, 3.63) is 12.3 Å². The van der Waals surface area contributed by atoms with Crippen molar-refractivity contribution in [2.45, 2.75) is 19.8 Å². The number of piperidine rings is 1. The average Bonchev–Trinajstić information content (AvgIpc) is 2.10. The molecule has 1 saturated heterocycles. The van der Waals surface area contributed by atoms with E-state index in [1.54, 1.807) is 4.90 Å². The van der Waals surface area contributed by atoms with Gasteiger partial charge in [-0.05, 0) is 19.8 Å². The van der Waals surface area contributed by atoms with Crippen LogP contribution in [-0.4, -0.2) is 31.0 Å². The van der Waals surface area contributed by atoms with Gasteiger partial charge in [0.05, 0.1) is 12.5 Å². The molecule has 0 aromatic carbocycles. The van der Waals surface area contributed by atoms with Gasteiger partial charge >= 0.3 is 0 Å². The molecule has 0 bridgehead atoms. The van der Waals surface area contributed by atoms with Crippen LogP contribution in [0.1, 0.15) is 19.8 Å². The molecule has 1 amide bonds. The first kappa shape index (κ1) is 10.1. The molecule has 0 aromatic heterocycles. The van der Waals surface area contributed by atoms with Gasteiger partial charge in [0.25, 0.3) is 0 Å². The van der Waals surface area contributed by atoms with Gasteiger partial charge < -0.3 is 9.64 Å². The fraction of sp³-hybridized carbons (Fsp3) is 0.700. The molecule has 1 aliphatic rings. The first-order valence-electron chi connectivity index (χ1n) is 4.73. The van der Waals surface area contributed by atoms with Gasteiger partial charge in [-0.15, -0.1) is 0 Å². The van der Waals surface area contributed by atoms with E-state index in [4.69, 9.17) is 4.74 Å². The van der Waals surface area contributed by atoms with E-state index in [2.05, 4.69) is 6.58 Å². The van der Waals surface area contributed by atoms with E-state index in [1.165, 1.54) is 0 Å². The summed E-state index contributed by atoms with van der Waals surface area (Å²) < 4.78 is 5.26. The summed E-state index contributed by atoms with van der Waals surface area (Å²) in [6.07, 6.45) is 1.92. The third-order valence-corrected chi connectivity index (χ3v) is 2.38. The maximum Gasteiger partial charge on any atom is 0.233 e. The molecule has 0 aliphatic carbocycles. The summed E-state index contributed by atoms with van der Waals surface area (Å²) in [4.78, 5) is 13.4. The summed E-state index contributed by atoms with van der Waals surface area (Å²) in [6.45, 7) is 7.13. The molecule has 0 spiro atoms. The number of nitrogens with zero attached hydrogens (tertiary/aromatic N) is 1. The van der Waals surface area contributed by atoms with Gasteiger partial charge in [0.15, 0.2) is 0 Å². The van der Waals surface area contributed by atoms with E-state index in [-0.39, 0.29) is 11.8 Å². The maximum absolute atomic E-state index is 11.6. The summed E-state index contributed by atoms with van der Waals surface area (Å²) in [6, 6.07) is 0. The minimum atomic E-state index is -0.112. The van der Waals surface area contributed by atoms with Crippen LogP contribution in [0.3, 0.4) is 0 Å². The highest BCUT2D eigenvalue weighted by molar-refractivity contribution is 5.81. The topological polar surface area (TPSA) is 29.5 Å². The minimum absolute atomic E-state index is 0.112. The van der Waals surface area contributed by atoms with Crippen LogP contribution in [0.25, 0.3) is 0 Å². The van der Waals surface area contributed by atoms with Crippen LogP contribution in [0.15, 0.2) is 12.3 Å². The van der Waals surface area contributed by atoms with E-state index in [0.717, 1.165) is 19.4 Å². The van der Waals surface area contributed by atoms with Crippen molar-refractivity contribution in [3.63, 3.8) is 0 Å². The molecule has 0 saturated carbocycles. The number of carbonyl (C=O) groups excluding carboxylic acids is 1. The third kappa shape index (κ3) is 2.23. The molecule has 1 fully saturated rings. The zero-order chi connectivity index (χ0) is 9.84. The zero-order valence-electron chi connectivity index (χ0n) is 8.38. The molecule has 74 valence electrons. The molecule has 3 nitrogen and oxygen atoms in total. The van der Waals surface area contributed by atoms with Crippen LogP contribution in [0.5, 0.6) is 0 Å². The van der Waals surface area contributed by atoms with Crippen molar-refractivity contribution in [1.82, 2.24) is 4.90 Å². The second kappa shape index (κ2) is 4.30. The Hall–Kier alpha value is -0.990. The Morgan fingerprint density at radius 3 is 3.08 bits per heavy atom. The van der Waals surface area contributed by atoms with Crippen molar-refractivity contribution in [2.24, 2.45) is 5.92 Å². The molecule has 0 aromatic rings. The molecule has 13 heavy (non-hydrogen) atoms. The molecule has 1 heterocycles. The number of hydrogen-bond acceptors (Lipinski definition) is 2. The SMILES string of the molecule is C=C(OCC)C1CCCN(C)C1=O. The lowest BCUT2D eigenvalue weighted by Crippen LogP contribution is -2.39. The van der Waals surface area contributed by atoms with Gasteiger partial charge in [0.1, 0.15) is 5.76 Å². The number of carbonyl (C=O) groups is 1. The van der Waals surface area contributed by atoms with Crippen molar-refractivity contribution < 1.29 is 9.53 Å². The van der Waals surface area contributed by atoms with Crippen molar-refractivity contribution in [3.8, 4) is 0 Å². The third-order valence-electron chi connectivity index (χ3n) is 2.38. The van der Waals surface area contributed by atoms with E-state index in [0.29, 0.717) is 12.4 Å². The fourth-order valence-electron chi connectivity index (χ4n) is 1.62. The lowest BCUT2D eigenvalue weighted by Gasteiger charge is -2.29. The molecule has 1 aliphatic heterocycles. The Labute approximate surface area is 79.4 Å². The Morgan fingerprint density at radius 2 is 2.46 bits per heavy atom. The second-order valence-corrected chi connectivity index (χ2v) is 3.35. The van der Waals surface area contributed by atoms with E-state index >= 15 is 0 Å². The predicted octanol–water partition coefficient (Wildman–Crippen LogP) is 1.41. The van der Waals surface area contributed by atoms with Gasteiger partial charge in [-0.2, -0.15) is 0 Å². The number of amides is 1. The Balaban J connectivity index is 2.57. The van der Waals surface area contributed by atoms with Crippen molar-refractivity contribution >= 4 is 5.91 Å². The largest absolute Gasteiger partial charge is 0.498 e. The van der Waals surface area contributed by atoms with Gasteiger partial charge in [-0.25, -0.2) is 0 Å². The van der Waals surface area contributed by atoms with Crippen LogP contribution < -0.4 is 0 Å². The lowest BCUT2D eigenvalue weighted by atomic mass is 9.96. The Kier molecular flexibility index (Phi) is 3.34. The van der Waals surface area contributed by atoms with Crippen LogP contribution in [0, 0.1) is 5.92 Å². The molecule has 1 atom stereocenters. The lowest BCUT2D eigenvalue weighted by molar-refractivity contribution is -0.136. The van der Waals surface area contributed by atoms with Gasteiger partial charge in [-0.3, -0.25) is 4.79 Å². The van der Waals surface area contributed by atoms with Crippen LogP contribution in [0.2, 0.25) is 0 Å².